The number of hydrogen-bond acceptors (Lipinski definition) is 6. The Balaban J connectivity index is 2.11. The van der Waals surface area contributed by atoms with Gasteiger partial charge in [0.05, 0.1) is 10.5 Å². The van der Waals surface area contributed by atoms with Gasteiger partial charge in [-0.15, -0.1) is 0 Å². The molecule has 0 fully saturated rings. The molecule has 0 aromatic heterocycles. The first-order valence-electron chi connectivity index (χ1n) is 10.3. The van der Waals surface area contributed by atoms with E-state index in [0.29, 0.717) is 36.3 Å². The van der Waals surface area contributed by atoms with Crippen LogP contribution in [-0.4, -0.2) is 50.1 Å². The summed E-state index contributed by atoms with van der Waals surface area (Å²) in [5.41, 5.74) is 1.51. The summed E-state index contributed by atoms with van der Waals surface area (Å²) in [6, 6.07) is 10.5. The van der Waals surface area contributed by atoms with E-state index in [2.05, 4.69) is 5.32 Å². The SMILES string of the molecule is CCC(=O)Nc1ccc(C(=O)COC(=O)c2cc(S(=O)(=O)N(CC)CC)ccc2C)cc1. The quantitative estimate of drug-likeness (QED) is 0.430. The van der Waals surface area contributed by atoms with Crippen LogP contribution in [0.2, 0.25) is 0 Å². The molecule has 1 amide bonds. The van der Waals surface area contributed by atoms with Gasteiger partial charge in [-0.1, -0.05) is 26.8 Å². The van der Waals surface area contributed by atoms with Crippen LogP contribution in [0.4, 0.5) is 5.69 Å². The minimum absolute atomic E-state index is 0.00482. The number of ether oxygens (including phenoxy) is 1. The van der Waals surface area contributed by atoms with E-state index < -0.39 is 28.4 Å². The topological polar surface area (TPSA) is 110 Å². The maximum Gasteiger partial charge on any atom is 0.338 e. The molecule has 0 saturated carbocycles. The van der Waals surface area contributed by atoms with Crippen LogP contribution in [0.15, 0.2) is 47.4 Å². The van der Waals surface area contributed by atoms with E-state index >= 15 is 0 Å². The standard InChI is InChI=1S/C23H28N2O6S/c1-5-22(27)24-18-11-9-17(10-12-18)21(26)15-31-23(28)20-14-19(13-8-16(20)4)32(29,30)25(6-2)7-3/h8-14H,5-7,15H2,1-4H3,(H,24,27). The number of nitrogens with zero attached hydrogens (tertiary/aromatic N) is 1. The van der Waals surface area contributed by atoms with Crippen LogP contribution in [-0.2, 0) is 19.6 Å². The van der Waals surface area contributed by atoms with Gasteiger partial charge in [0.15, 0.2) is 12.4 Å². The fourth-order valence-electron chi connectivity index (χ4n) is 2.98. The number of carbonyl (C=O) groups excluding carboxylic acids is 3. The number of hydrogen-bond donors (Lipinski definition) is 1. The molecular weight excluding hydrogens is 432 g/mol. The minimum atomic E-state index is -3.73. The van der Waals surface area contributed by atoms with Gasteiger partial charge >= 0.3 is 5.97 Å². The lowest BCUT2D eigenvalue weighted by Gasteiger charge is -2.19. The van der Waals surface area contributed by atoms with Crippen LogP contribution in [0, 0.1) is 6.92 Å². The van der Waals surface area contributed by atoms with E-state index in [0.717, 1.165) is 0 Å². The van der Waals surface area contributed by atoms with E-state index in [4.69, 9.17) is 4.74 Å². The molecule has 0 spiro atoms. The Bertz CT molecular complexity index is 1090. The summed E-state index contributed by atoms with van der Waals surface area (Å²) in [7, 11) is -3.73. The fraction of sp³-hybridized carbons (Fsp3) is 0.348. The molecule has 0 aliphatic carbocycles. The van der Waals surface area contributed by atoms with Gasteiger partial charge in [-0.05, 0) is 48.9 Å². The van der Waals surface area contributed by atoms with Crippen LogP contribution in [0.3, 0.4) is 0 Å². The van der Waals surface area contributed by atoms with Crippen molar-refractivity contribution in [3.05, 3.63) is 59.2 Å². The smallest absolute Gasteiger partial charge is 0.338 e. The molecule has 0 unspecified atom stereocenters. The van der Waals surface area contributed by atoms with Crippen molar-refractivity contribution in [1.29, 1.82) is 0 Å². The van der Waals surface area contributed by atoms with Crippen LogP contribution >= 0.6 is 0 Å². The van der Waals surface area contributed by atoms with Crippen molar-refractivity contribution in [3.8, 4) is 0 Å². The number of aryl methyl sites for hydroxylation is 1. The molecule has 0 radical (unpaired) electrons. The van der Waals surface area contributed by atoms with Gasteiger partial charge in [0.2, 0.25) is 15.9 Å². The van der Waals surface area contributed by atoms with Gasteiger partial charge in [0.1, 0.15) is 0 Å². The summed E-state index contributed by atoms with van der Waals surface area (Å²) in [6.45, 7) is 6.99. The Labute approximate surface area is 188 Å². The second-order valence-corrected chi connectivity index (χ2v) is 8.98. The zero-order chi connectivity index (χ0) is 23.9. The van der Waals surface area contributed by atoms with Gasteiger partial charge in [-0.3, -0.25) is 9.59 Å². The first-order chi connectivity index (χ1) is 15.1. The van der Waals surface area contributed by atoms with Crippen molar-refractivity contribution in [2.45, 2.75) is 39.0 Å². The molecule has 9 heteroatoms. The first-order valence-corrected chi connectivity index (χ1v) is 11.8. The molecule has 0 heterocycles. The highest BCUT2D eigenvalue weighted by Gasteiger charge is 2.24. The number of esters is 1. The van der Waals surface area contributed by atoms with E-state index in [9.17, 15) is 22.8 Å². The molecule has 2 rings (SSSR count). The van der Waals surface area contributed by atoms with Crippen molar-refractivity contribution in [3.63, 3.8) is 0 Å². The average Bonchev–Trinajstić information content (AvgIpc) is 2.78. The summed E-state index contributed by atoms with van der Waals surface area (Å²) in [4.78, 5) is 36.4. The molecule has 2 aromatic rings. The van der Waals surface area contributed by atoms with Crippen molar-refractivity contribution in [2.75, 3.05) is 25.0 Å². The van der Waals surface area contributed by atoms with Crippen molar-refractivity contribution in [1.82, 2.24) is 4.31 Å². The number of nitrogens with one attached hydrogen (secondary N) is 1. The lowest BCUT2D eigenvalue weighted by molar-refractivity contribution is -0.115. The van der Waals surface area contributed by atoms with E-state index in [1.54, 1.807) is 39.8 Å². The van der Waals surface area contributed by atoms with Crippen LogP contribution in [0.5, 0.6) is 0 Å². The molecule has 2 aromatic carbocycles. The number of anilines is 1. The first kappa shape index (κ1) is 25.2. The molecule has 0 bridgehead atoms. The third kappa shape index (κ3) is 6.02. The third-order valence-corrected chi connectivity index (χ3v) is 6.96. The second kappa shape index (κ2) is 11.0. The van der Waals surface area contributed by atoms with Crippen LogP contribution in [0.1, 0.15) is 53.5 Å². The number of Topliss-reactive ketones (excluding diaryl/α,β-unsaturated/α-hetero) is 1. The predicted octanol–water partition coefficient (Wildman–Crippen LogP) is 3.41. The number of rotatable bonds is 10. The summed E-state index contributed by atoms with van der Waals surface area (Å²) >= 11 is 0. The predicted molar refractivity (Wildman–Crippen MR) is 121 cm³/mol. The fourth-order valence-corrected chi connectivity index (χ4v) is 4.46. The molecule has 0 atom stereocenters. The molecule has 0 aliphatic rings. The number of sulfonamides is 1. The number of amides is 1. The Hall–Kier alpha value is -3.04. The zero-order valence-corrected chi connectivity index (χ0v) is 19.5. The van der Waals surface area contributed by atoms with Gasteiger partial charge in [-0.25, -0.2) is 13.2 Å². The normalized spacial score (nSPS) is 11.3. The third-order valence-electron chi connectivity index (χ3n) is 4.92. The van der Waals surface area contributed by atoms with Gasteiger partial charge < -0.3 is 10.1 Å². The highest BCUT2D eigenvalue weighted by molar-refractivity contribution is 7.89. The van der Waals surface area contributed by atoms with Crippen molar-refractivity contribution in [2.24, 2.45) is 0 Å². The van der Waals surface area contributed by atoms with Crippen LogP contribution in [0.25, 0.3) is 0 Å². The molecule has 1 N–H and O–H groups in total. The largest absolute Gasteiger partial charge is 0.454 e. The summed E-state index contributed by atoms with van der Waals surface area (Å²) in [6.07, 6.45) is 0.341. The number of carbonyl (C=O) groups is 3. The lowest BCUT2D eigenvalue weighted by atomic mass is 10.1. The molecule has 8 nitrogen and oxygen atoms in total. The van der Waals surface area contributed by atoms with Gasteiger partial charge in [0.25, 0.3) is 0 Å². The number of benzene rings is 2. The van der Waals surface area contributed by atoms with Gasteiger partial charge in [0, 0.05) is 30.8 Å². The molecule has 172 valence electrons. The Morgan fingerprint density at radius 3 is 2.16 bits per heavy atom. The maximum atomic E-state index is 12.7. The van der Waals surface area contributed by atoms with Crippen molar-refractivity contribution < 1.29 is 27.5 Å². The minimum Gasteiger partial charge on any atom is -0.454 e. The molecule has 0 saturated heterocycles. The van der Waals surface area contributed by atoms with Gasteiger partial charge in [-0.2, -0.15) is 4.31 Å². The lowest BCUT2D eigenvalue weighted by Crippen LogP contribution is -2.30. The van der Waals surface area contributed by atoms with E-state index in [1.165, 1.54) is 34.6 Å². The Kier molecular flexibility index (Phi) is 8.68. The zero-order valence-electron chi connectivity index (χ0n) is 18.7. The summed E-state index contributed by atoms with van der Waals surface area (Å²) < 4.78 is 31.9. The summed E-state index contributed by atoms with van der Waals surface area (Å²) in [5.74, 6) is -1.34. The number of ketones is 1. The highest BCUT2D eigenvalue weighted by atomic mass is 32.2. The monoisotopic (exact) mass is 460 g/mol. The Morgan fingerprint density at radius 2 is 1.59 bits per heavy atom. The summed E-state index contributed by atoms with van der Waals surface area (Å²) in [5, 5.41) is 2.68. The molecular formula is C23H28N2O6S. The average molecular weight is 461 g/mol. The molecule has 32 heavy (non-hydrogen) atoms. The van der Waals surface area contributed by atoms with Crippen molar-refractivity contribution >= 4 is 33.4 Å². The second-order valence-electron chi connectivity index (χ2n) is 7.04. The Morgan fingerprint density at radius 1 is 0.969 bits per heavy atom. The van der Waals surface area contributed by atoms with E-state index in [1.807, 2.05) is 0 Å². The van der Waals surface area contributed by atoms with Crippen LogP contribution < -0.4 is 5.32 Å². The molecule has 0 aliphatic heterocycles. The maximum absolute atomic E-state index is 12.7. The highest BCUT2D eigenvalue weighted by Crippen LogP contribution is 2.20. The van der Waals surface area contributed by atoms with E-state index in [-0.39, 0.29) is 16.4 Å².